The van der Waals surface area contributed by atoms with Crippen LogP contribution in [0.2, 0.25) is 5.02 Å². The molecule has 1 atom stereocenters. The van der Waals surface area contributed by atoms with Crippen LogP contribution < -0.4 is 16.1 Å². The number of amides is 1. The summed E-state index contributed by atoms with van der Waals surface area (Å²) >= 11 is 6.64. The van der Waals surface area contributed by atoms with Crippen molar-refractivity contribution in [2.45, 2.75) is 64.3 Å². The molecule has 3 heterocycles. The molecule has 160 valence electrons. The van der Waals surface area contributed by atoms with E-state index in [1.165, 1.54) is 0 Å². The number of rotatable bonds is 4. The van der Waals surface area contributed by atoms with Crippen molar-refractivity contribution in [2.24, 2.45) is 0 Å². The number of aryl methyl sites for hydroxylation is 1. The van der Waals surface area contributed by atoms with Gasteiger partial charge in [-0.2, -0.15) is 5.10 Å². The molecular formula is C21H28BClN4O3. The third kappa shape index (κ3) is 3.66. The Kier molecular flexibility index (Phi) is 5.47. The first-order valence-electron chi connectivity index (χ1n) is 10.3. The van der Waals surface area contributed by atoms with Crippen LogP contribution in [-0.4, -0.2) is 41.1 Å². The quantitative estimate of drug-likeness (QED) is 0.729. The van der Waals surface area contributed by atoms with Crippen LogP contribution in [0.4, 0.5) is 5.69 Å². The predicted molar refractivity (Wildman–Crippen MR) is 118 cm³/mol. The highest BCUT2D eigenvalue weighted by atomic mass is 35.5. The number of halogens is 1. The SMILES string of the molecule is CN[C@@H]1CCCn2nc(C(=O)Nc3cccc(B4OC(C)(C)C(C)(C)O4)c3Cl)cc21. The fourth-order valence-corrected chi connectivity index (χ4v) is 4.13. The lowest BCUT2D eigenvalue weighted by Crippen LogP contribution is -2.41. The Balaban J connectivity index is 1.56. The summed E-state index contributed by atoms with van der Waals surface area (Å²) < 4.78 is 14.1. The maximum Gasteiger partial charge on any atom is 0.496 e. The number of benzene rings is 1. The van der Waals surface area contributed by atoms with Crippen LogP contribution in [0.15, 0.2) is 24.3 Å². The molecular weight excluding hydrogens is 403 g/mol. The van der Waals surface area contributed by atoms with Gasteiger partial charge in [0.15, 0.2) is 5.69 Å². The summed E-state index contributed by atoms with van der Waals surface area (Å²) in [5.74, 6) is -0.292. The number of carbonyl (C=O) groups excluding carboxylic acids is 1. The summed E-state index contributed by atoms with van der Waals surface area (Å²) in [6.45, 7) is 8.78. The van der Waals surface area contributed by atoms with Gasteiger partial charge in [-0.05, 0) is 59.7 Å². The second-order valence-electron chi connectivity index (χ2n) is 8.91. The monoisotopic (exact) mass is 430 g/mol. The number of hydrogen-bond donors (Lipinski definition) is 2. The first kappa shape index (κ1) is 21.4. The number of nitrogens with one attached hydrogen (secondary N) is 2. The lowest BCUT2D eigenvalue weighted by Gasteiger charge is -2.32. The minimum atomic E-state index is -0.601. The van der Waals surface area contributed by atoms with Crippen molar-refractivity contribution in [3.8, 4) is 0 Å². The van der Waals surface area contributed by atoms with Gasteiger partial charge < -0.3 is 19.9 Å². The zero-order chi connectivity index (χ0) is 21.7. The van der Waals surface area contributed by atoms with Crippen molar-refractivity contribution in [2.75, 3.05) is 12.4 Å². The molecule has 0 bridgehead atoms. The Morgan fingerprint density at radius 2 is 1.97 bits per heavy atom. The van der Waals surface area contributed by atoms with Crippen LogP contribution in [-0.2, 0) is 15.9 Å². The summed E-state index contributed by atoms with van der Waals surface area (Å²) in [5.41, 5.74) is 1.66. The Bertz CT molecular complexity index is 959. The van der Waals surface area contributed by atoms with Crippen molar-refractivity contribution in [1.29, 1.82) is 0 Å². The maximum atomic E-state index is 12.9. The fourth-order valence-electron chi connectivity index (χ4n) is 3.87. The van der Waals surface area contributed by atoms with Gasteiger partial charge in [0.25, 0.3) is 5.91 Å². The van der Waals surface area contributed by atoms with Crippen molar-refractivity contribution >= 4 is 35.8 Å². The summed E-state index contributed by atoms with van der Waals surface area (Å²) in [4.78, 5) is 12.9. The Hall–Kier alpha value is -1.87. The molecule has 0 saturated carbocycles. The van der Waals surface area contributed by atoms with E-state index in [1.807, 2.05) is 57.6 Å². The minimum Gasteiger partial charge on any atom is -0.399 e. The molecule has 0 radical (unpaired) electrons. The minimum absolute atomic E-state index is 0.211. The Morgan fingerprint density at radius 1 is 1.27 bits per heavy atom. The largest absolute Gasteiger partial charge is 0.496 e. The summed E-state index contributed by atoms with van der Waals surface area (Å²) in [7, 11) is 1.32. The number of fused-ring (bicyclic) bond motifs is 1. The second-order valence-corrected chi connectivity index (χ2v) is 9.29. The zero-order valence-corrected chi connectivity index (χ0v) is 18.8. The van der Waals surface area contributed by atoms with Gasteiger partial charge in [-0.15, -0.1) is 0 Å². The molecule has 1 aromatic heterocycles. The van der Waals surface area contributed by atoms with E-state index in [-0.39, 0.29) is 11.9 Å². The average Bonchev–Trinajstić information content (AvgIpc) is 3.21. The van der Waals surface area contributed by atoms with Crippen molar-refractivity contribution in [3.05, 3.63) is 40.7 Å². The molecule has 1 amide bonds. The lowest BCUT2D eigenvalue weighted by molar-refractivity contribution is 0.00578. The average molecular weight is 431 g/mol. The first-order chi connectivity index (χ1) is 14.1. The van der Waals surface area contributed by atoms with Gasteiger partial charge in [0.05, 0.1) is 27.6 Å². The van der Waals surface area contributed by atoms with E-state index in [0.717, 1.165) is 25.1 Å². The van der Waals surface area contributed by atoms with Crippen LogP contribution in [0.5, 0.6) is 0 Å². The third-order valence-corrected chi connectivity index (χ3v) is 6.82. The topological polar surface area (TPSA) is 77.4 Å². The van der Waals surface area contributed by atoms with Gasteiger partial charge >= 0.3 is 7.12 Å². The van der Waals surface area contributed by atoms with Crippen LogP contribution >= 0.6 is 11.6 Å². The summed E-state index contributed by atoms with van der Waals surface area (Å²) in [6, 6.07) is 7.51. The van der Waals surface area contributed by atoms with Crippen LogP contribution in [0, 0.1) is 0 Å². The number of aromatic nitrogens is 2. The van der Waals surface area contributed by atoms with Gasteiger partial charge in [0.1, 0.15) is 0 Å². The molecule has 0 unspecified atom stereocenters. The van der Waals surface area contributed by atoms with E-state index < -0.39 is 18.3 Å². The van der Waals surface area contributed by atoms with E-state index in [2.05, 4.69) is 15.7 Å². The van der Waals surface area contributed by atoms with Crippen molar-refractivity contribution < 1.29 is 14.1 Å². The maximum absolute atomic E-state index is 12.9. The number of nitrogens with zero attached hydrogens (tertiary/aromatic N) is 2. The molecule has 0 spiro atoms. The third-order valence-electron chi connectivity index (χ3n) is 6.40. The van der Waals surface area contributed by atoms with E-state index in [4.69, 9.17) is 20.9 Å². The molecule has 1 fully saturated rings. The highest BCUT2D eigenvalue weighted by Crippen LogP contribution is 2.37. The van der Waals surface area contributed by atoms with E-state index >= 15 is 0 Å². The van der Waals surface area contributed by atoms with Gasteiger partial charge in [-0.1, -0.05) is 23.7 Å². The van der Waals surface area contributed by atoms with Crippen LogP contribution in [0.1, 0.15) is 62.8 Å². The highest BCUT2D eigenvalue weighted by Gasteiger charge is 2.52. The predicted octanol–water partition coefficient (Wildman–Crippen LogP) is 3.14. The van der Waals surface area contributed by atoms with E-state index in [1.54, 1.807) is 6.07 Å². The molecule has 2 aliphatic heterocycles. The molecule has 2 N–H and O–H groups in total. The molecule has 2 aliphatic rings. The fraction of sp³-hybridized carbons (Fsp3) is 0.524. The number of hydrogen-bond acceptors (Lipinski definition) is 5. The summed E-state index contributed by atoms with van der Waals surface area (Å²) in [6.07, 6.45) is 2.06. The first-order valence-corrected chi connectivity index (χ1v) is 10.7. The Labute approximate surface area is 182 Å². The van der Waals surface area contributed by atoms with Crippen LogP contribution in [0.25, 0.3) is 0 Å². The number of carbonyl (C=O) groups is 1. The lowest BCUT2D eigenvalue weighted by atomic mass is 9.79. The van der Waals surface area contributed by atoms with Crippen molar-refractivity contribution in [3.63, 3.8) is 0 Å². The standard InChI is InChI=1S/C21H28BClN4O3/c1-20(2)21(3,4)30-22(29-20)13-8-6-9-15(18(13)23)25-19(28)16-12-17-14(24-5)10-7-11-27(17)26-16/h6,8-9,12,14,24H,7,10-11H2,1-5H3,(H,25,28)/t14-/m1/s1. The number of anilines is 1. The van der Waals surface area contributed by atoms with Gasteiger partial charge in [-0.3, -0.25) is 9.48 Å². The van der Waals surface area contributed by atoms with E-state index in [9.17, 15) is 4.79 Å². The molecule has 30 heavy (non-hydrogen) atoms. The highest BCUT2D eigenvalue weighted by molar-refractivity contribution is 6.66. The van der Waals surface area contributed by atoms with Gasteiger partial charge in [0.2, 0.25) is 0 Å². The van der Waals surface area contributed by atoms with E-state index in [0.29, 0.717) is 21.9 Å². The molecule has 4 rings (SSSR count). The van der Waals surface area contributed by atoms with Crippen molar-refractivity contribution in [1.82, 2.24) is 15.1 Å². The van der Waals surface area contributed by atoms with Crippen LogP contribution in [0.3, 0.4) is 0 Å². The van der Waals surface area contributed by atoms with Gasteiger partial charge in [-0.25, -0.2) is 0 Å². The normalized spacial score (nSPS) is 22.1. The molecule has 9 heteroatoms. The zero-order valence-electron chi connectivity index (χ0n) is 18.1. The second kappa shape index (κ2) is 7.68. The smallest absolute Gasteiger partial charge is 0.399 e. The molecule has 1 aromatic carbocycles. The molecule has 0 aliphatic carbocycles. The Morgan fingerprint density at radius 3 is 2.63 bits per heavy atom. The summed E-state index contributed by atoms with van der Waals surface area (Å²) in [5, 5.41) is 11.1. The molecule has 7 nitrogen and oxygen atoms in total. The van der Waals surface area contributed by atoms with Gasteiger partial charge in [0, 0.05) is 18.0 Å². The molecule has 2 aromatic rings. The molecule has 1 saturated heterocycles.